The highest BCUT2D eigenvalue weighted by molar-refractivity contribution is 6.04. The van der Waals surface area contributed by atoms with E-state index in [9.17, 15) is 19.2 Å². The second-order valence-corrected chi connectivity index (χ2v) is 10.7. The summed E-state index contributed by atoms with van der Waals surface area (Å²) in [7, 11) is 0. The van der Waals surface area contributed by atoms with Crippen molar-refractivity contribution in [3.8, 4) is 0 Å². The zero-order valence-electron chi connectivity index (χ0n) is 22.4. The molecule has 2 atom stereocenters. The van der Waals surface area contributed by atoms with E-state index in [1.54, 1.807) is 34.1 Å². The van der Waals surface area contributed by atoms with Gasteiger partial charge in [0.1, 0.15) is 0 Å². The Kier molecular flexibility index (Phi) is 8.26. The van der Waals surface area contributed by atoms with Gasteiger partial charge in [-0.15, -0.1) is 0 Å². The van der Waals surface area contributed by atoms with Crippen LogP contribution in [0.25, 0.3) is 0 Å². The van der Waals surface area contributed by atoms with Gasteiger partial charge in [0.15, 0.2) is 0 Å². The molecular weight excluding hydrogens is 496 g/mol. The summed E-state index contributed by atoms with van der Waals surface area (Å²) in [6, 6.07) is 14.7. The van der Waals surface area contributed by atoms with Gasteiger partial charge in [-0.3, -0.25) is 19.2 Å². The van der Waals surface area contributed by atoms with Gasteiger partial charge in [-0.2, -0.15) is 0 Å². The number of hydrogen-bond donors (Lipinski definition) is 2. The van der Waals surface area contributed by atoms with Crippen molar-refractivity contribution in [1.29, 1.82) is 0 Å². The van der Waals surface area contributed by atoms with Crippen LogP contribution in [0.5, 0.6) is 0 Å². The number of carbonyl (C=O) groups is 4. The number of nitrogens with one attached hydrogen (secondary N) is 2. The monoisotopic (exact) mass is 532 g/mol. The highest BCUT2D eigenvalue weighted by Gasteiger charge is 2.38. The number of likely N-dealkylation sites (tertiary alicyclic amines) is 1. The van der Waals surface area contributed by atoms with Crippen LogP contribution in [0.3, 0.4) is 0 Å². The standard InChI is InChI=1S/C30H36N4O5/c1-20-8-10-23(11-9-20)34-19-22(17-27(34)35)30(38)33-14-12-21(13-15-33)28(36)32-26-7-3-2-6-25(26)29(37)31-18-24-5-4-16-39-24/h2-3,6-11,21-22,24H,4-5,12-19H2,1H3,(H,31,37)(H,32,36). The van der Waals surface area contributed by atoms with Crippen molar-refractivity contribution in [2.24, 2.45) is 11.8 Å². The molecule has 9 nitrogen and oxygen atoms in total. The third kappa shape index (κ3) is 6.30. The lowest BCUT2D eigenvalue weighted by atomic mass is 9.94. The Bertz CT molecular complexity index is 1220. The van der Waals surface area contributed by atoms with Gasteiger partial charge in [-0.05, 0) is 56.9 Å². The van der Waals surface area contributed by atoms with Gasteiger partial charge < -0.3 is 25.2 Å². The zero-order chi connectivity index (χ0) is 27.4. The van der Waals surface area contributed by atoms with E-state index >= 15 is 0 Å². The summed E-state index contributed by atoms with van der Waals surface area (Å²) in [5, 5.41) is 5.85. The fourth-order valence-electron chi connectivity index (χ4n) is 5.60. The minimum Gasteiger partial charge on any atom is -0.376 e. The number of nitrogens with zero attached hydrogens (tertiary/aromatic N) is 2. The number of benzene rings is 2. The molecule has 0 spiro atoms. The third-order valence-electron chi connectivity index (χ3n) is 7.94. The van der Waals surface area contributed by atoms with Crippen LogP contribution in [0.2, 0.25) is 0 Å². The average molecular weight is 533 g/mol. The van der Waals surface area contributed by atoms with Crippen LogP contribution in [0.4, 0.5) is 11.4 Å². The first-order valence-corrected chi connectivity index (χ1v) is 13.8. The first-order chi connectivity index (χ1) is 18.9. The molecule has 3 fully saturated rings. The summed E-state index contributed by atoms with van der Waals surface area (Å²) < 4.78 is 5.57. The maximum Gasteiger partial charge on any atom is 0.253 e. The van der Waals surface area contributed by atoms with Crippen LogP contribution >= 0.6 is 0 Å². The van der Waals surface area contributed by atoms with E-state index in [1.807, 2.05) is 31.2 Å². The molecule has 2 aromatic rings. The molecule has 3 heterocycles. The first-order valence-electron chi connectivity index (χ1n) is 13.8. The second-order valence-electron chi connectivity index (χ2n) is 10.7. The van der Waals surface area contributed by atoms with Crippen LogP contribution in [-0.2, 0) is 19.1 Å². The van der Waals surface area contributed by atoms with Crippen molar-refractivity contribution >= 4 is 35.0 Å². The van der Waals surface area contributed by atoms with Gasteiger partial charge in [-0.1, -0.05) is 29.8 Å². The first kappa shape index (κ1) is 26.9. The molecule has 2 aromatic carbocycles. The largest absolute Gasteiger partial charge is 0.376 e. The van der Waals surface area contributed by atoms with Crippen molar-refractivity contribution in [3.05, 3.63) is 59.7 Å². The molecule has 0 radical (unpaired) electrons. The van der Waals surface area contributed by atoms with Crippen LogP contribution in [0.1, 0.15) is 48.0 Å². The molecule has 5 rings (SSSR count). The molecule has 3 saturated heterocycles. The number of hydrogen-bond acceptors (Lipinski definition) is 5. The fraction of sp³-hybridized carbons (Fsp3) is 0.467. The average Bonchev–Trinajstić information content (AvgIpc) is 3.62. The van der Waals surface area contributed by atoms with E-state index in [1.165, 1.54) is 0 Å². The Morgan fingerprint density at radius 3 is 2.44 bits per heavy atom. The van der Waals surface area contributed by atoms with Gasteiger partial charge in [0, 0.05) is 50.8 Å². The van der Waals surface area contributed by atoms with E-state index in [0.717, 1.165) is 30.7 Å². The topological polar surface area (TPSA) is 108 Å². The number of piperidine rings is 1. The van der Waals surface area contributed by atoms with Crippen molar-refractivity contribution in [2.75, 3.05) is 43.0 Å². The zero-order valence-corrected chi connectivity index (χ0v) is 22.4. The van der Waals surface area contributed by atoms with Gasteiger partial charge in [0.25, 0.3) is 5.91 Å². The van der Waals surface area contributed by atoms with Crippen molar-refractivity contribution in [1.82, 2.24) is 10.2 Å². The molecule has 3 aliphatic rings. The molecule has 0 aliphatic carbocycles. The molecule has 4 amide bonds. The molecule has 0 aromatic heterocycles. The molecule has 2 unspecified atom stereocenters. The fourth-order valence-corrected chi connectivity index (χ4v) is 5.60. The van der Waals surface area contributed by atoms with Gasteiger partial charge in [0.2, 0.25) is 17.7 Å². The molecule has 0 bridgehead atoms. The SMILES string of the molecule is Cc1ccc(N2CC(C(=O)N3CCC(C(=O)Nc4ccccc4C(=O)NCC4CCCO4)CC3)CC2=O)cc1. The molecule has 3 aliphatic heterocycles. The van der Waals surface area contributed by atoms with Gasteiger partial charge >= 0.3 is 0 Å². The number of aryl methyl sites for hydroxylation is 1. The van der Waals surface area contributed by atoms with E-state index in [2.05, 4.69) is 10.6 Å². The number of rotatable bonds is 7. The number of para-hydroxylation sites is 1. The number of ether oxygens (including phenoxy) is 1. The van der Waals surface area contributed by atoms with Crippen LogP contribution in [0.15, 0.2) is 48.5 Å². The van der Waals surface area contributed by atoms with Crippen LogP contribution in [-0.4, -0.2) is 67.4 Å². The Labute approximate surface area is 228 Å². The molecule has 9 heteroatoms. The minimum absolute atomic E-state index is 0.0231. The van der Waals surface area contributed by atoms with E-state index in [0.29, 0.717) is 50.3 Å². The van der Waals surface area contributed by atoms with Crippen molar-refractivity contribution < 1.29 is 23.9 Å². The van der Waals surface area contributed by atoms with Crippen molar-refractivity contribution in [2.45, 2.75) is 45.1 Å². The molecule has 206 valence electrons. The van der Waals surface area contributed by atoms with E-state index in [4.69, 9.17) is 4.74 Å². The molecule has 39 heavy (non-hydrogen) atoms. The molecule has 0 saturated carbocycles. The van der Waals surface area contributed by atoms with Crippen molar-refractivity contribution in [3.63, 3.8) is 0 Å². The van der Waals surface area contributed by atoms with Crippen LogP contribution < -0.4 is 15.5 Å². The number of carbonyl (C=O) groups excluding carboxylic acids is 4. The van der Waals surface area contributed by atoms with E-state index in [-0.39, 0.29) is 48.0 Å². The summed E-state index contributed by atoms with van der Waals surface area (Å²) in [6.45, 7) is 4.48. The summed E-state index contributed by atoms with van der Waals surface area (Å²) in [4.78, 5) is 55.2. The number of anilines is 2. The summed E-state index contributed by atoms with van der Waals surface area (Å²) in [5.74, 6) is -1.08. The Balaban J connectivity index is 1.12. The minimum atomic E-state index is -0.371. The lowest BCUT2D eigenvalue weighted by molar-refractivity contribution is -0.138. The Morgan fingerprint density at radius 1 is 0.974 bits per heavy atom. The maximum atomic E-state index is 13.2. The lowest BCUT2D eigenvalue weighted by Crippen LogP contribution is -2.44. The Hall–Kier alpha value is -3.72. The summed E-state index contributed by atoms with van der Waals surface area (Å²) in [5.41, 5.74) is 2.83. The summed E-state index contributed by atoms with van der Waals surface area (Å²) in [6.07, 6.45) is 3.25. The highest BCUT2D eigenvalue weighted by atomic mass is 16.5. The van der Waals surface area contributed by atoms with Gasteiger partial charge in [-0.25, -0.2) is 0 Å². The Morgan fingerprint density at radius 2 is 1.72 bits per heavy atom. The van der Waals surface area contributed by atoms with Gasteiger partial charge in [0.05, 0.1) is 23.3 Å². The quantitative estimate of drug-likeness (QED) is 0.570. The third-order valence-corrected chi connectivity index (χ3v) is 7.94. The maximum absolute atomic E-state index is 13.2. The molecule has 2 N–H and O–H groups in total. The smallest absolute Gasteiger partial charge is 0.253 e. The predicted molar refractivity (Wildman–Crippen MR) is 147 cm³/mol. The van der Waals surface area contributed by atoms with Crippen LogP contribution in [0, 0.1) is 18.8 Å². The molecular formula is C30H36N4O5. The second kappa shape index (κ2) is 12.0. The lowest BCUT2D eigenvalue weighted by Gasteiger charge is -2.33. The normalized spacial score (nSPS) is 21.7. The predicted octanol–water partition coefficient (Wildman–Crippen LogP) is 3.13. The van der Waals surface area contributed by atoms with E-state index < -0.39 is 0 Å². The highest BCUT2D eigenvalue weighted by Crippen LogP contribution is 2.29. The summed E-state index contributed by atoms with van der Waals surface area (Å²) >= 11 is 0. The number of amides is 4.